The molecule has 0 N–H and O–H groups in total. The minimum atomic E-state index is -5.11. The first-order valence-electron chi connectivity index (χ1n) is 8.04. The van der Waals surface area contributed by atoms with Crippen molar-refractivity contribution in [2.75, 3.05) is 0 Å². The van der Waals surface area contributed by atoms with Gasteiger partial charge in [0, 0.05) is 6.20 Å². The van der Waals surface area contributed by atoms with Gasteiger partial charge in [0.25, 0.3) is 0 Å². The van der Waals surface area contributed by atoms with Gasteiger partial charge in [-0.05, 0) is 49.2 Å². The first-order chi connectivity index (χ1) is 13.5. The van der Waals surface area contributed by atoms with Crippen LogP contribution in [0.4, 0.5) is 39.5 Å². The van der Waals surface area contributed by atoms with E-state index in [-0.39, 0.29) is 11.6 Å². The summed E-state index contributed by atoms with van der Waals surface area (Å²) in [5, 5.41) is 0. The molecule has 1 unspecified atom stereocenters. The van der Waals surface area contributed by atoms with Crippen LogP contribution in [0.2, 0.25) is 0 Å². The summed E-state index contributed by atoms with van der Waals surface area (Å²) in [5.74, 6) is -1.45. The fourth-order valence-corrected chi connectivity index (χ4v) is 2.44. The van der Waals surface area contributed by atoms with Gasteiger partial charge in [0.1, 0.15) is 11.8 Å². The third kappa shape index (κ3) is 5.42. The van der Waals surface area contributed by atoms with Crippen LogP contribution in [-0.2, 0) is 23.3 Å². The van der Waals surface area contributed by atoms with E-state index in [0.717, 1.165) is 20.0 Å². The van der Waals surface area contributed by atoms with Gasteiger partial charge in [-0.2, -0.15) is 39.5 Å². The van der Waals surface area contributed by atoms with Crippen molar-refractivity contribution >= 4 is 5.97 Å². The van der Waals surface area contributed by atoms with E-state index in [1.165, 1.54) is 0 Å². The molecule has 3 nitrogen and oxygen atoms in total. The van der Waals surface area contributed by atoms with Gasteiger partial charge >= 0.3 is 24.5 Å². The number of esters is 1. The molecule has 0 bridgehead atoms. The molecule has 0 saturated carbocycles. The van der Waals surface area contributed by atoms with E-state index in [2.05, 4.69) is 4.98 Å². The molecule has 12 heteroatoms. The lowest BCUT2D eigenvalue weighted by Crippen LogP contribution is -2.16. The number of halogens is 9. The third-order valence-corrected chi connectivity index (χ3v) is 3.98. The number of hydrogen-bond donors (Lipinski definition) is 0. The highest BCUT2D eigenvalue weighted by atomic mass is 19.4. The van der Waals surface area contributed by atoms with Crippen LogP contribution in [-0.4, -0.2) is 11.0 Å². The number of benzene rings is 1. The number of ether oxygens (including phenoxy) is 1. The summed E-state index contributed by atoms with van der Waals surface area (Å²) in [6.45, 7) is 2.07. The fourth-order valence-electron chi connectivity index (χ4n) is 2.44. The van der Waals surface area contributed by atoms with Gasteiger partial charge in [-0.1, -0.05) is 0 Å². The molecule has 0 spiro atoms. The number of carbonyl (C=O) groups is 1. The number of nitrogens with zero attached hydrogens (tertiary/aromatic N) is 1. The monoisotopic (exact) mass is 445 g/mol. The minimum absolute atomic E-state index is 0.102. The van der Waals surface area contributed by atoms with E-state index in [0.29, 0.717) is 18.2 Å². The van der Waals surface area contributed by atoms with Crippen LogP contribution < -0.4 is 0 Å². The Kier molecular flexibility index (Phi) is 6.11. The molecule has 2 aromatic rings. The average molecular weight is 445 g/mol. The second-order valence-electron chi connectivity index (χ2n) is 6.27. The lowest BCUT2D eigenvalue weighted by Gasteiger charge is -2.18. The van der Waals surface area contributed by atoms with Gasteiger partial charge in [0.2, 0.25) is 0 Å². The van der Waals surface area contributed by atoms with E-state index in [4.69, 9.17) is 4.74 Å². The zero-order valence-electron chi connectivity index (χ0n) is 15.1. The molecule has 1 atom stereocenters. The molecule has 2 rings (SSSR count). The van der Waals surface area contributed by atoms with Gasteiger partial charge in [0.15, 0.2) is 0 Å². The van der Waals surface area contributed by atoms with Crippen molar-refractivity contribution in [3.63, 3.8) is 0 Å². The summed E-state index contributed by atoms with van der Waals surface area (Å²) < 4.78 is 121. The highest BCUT2D eigenvalue weighted by Crippen LogP contribution is 2.38. The fraction of sp³-hybridized carbons (Fsp3) is 0.333. The van der Waals surface area contributed by atoms with Gasteiger partial charge in [-0.3, -0.25) is 0 Å². The lowest BCUT2D eigenvalue weighted by molar-refractivity contribution is -0.143. The van der Waals surface area contributed by atoms with Crippen LogP contribution in [0, 0.1) is 6.92 Å². The summed E-state index contributed by atoms with van der Waals surface area (Å²) in [6, 6.07) is 1.00. The largest absolute Gasteiger partial charge is 0.453 e. The van der Waals surface area contributed by atoms with Gasteiger partial charge in [-0.25, -0.2) is 9.78 Å². The third-order valence-electron chi connectivity index (χ3n) is 3.98. The summed E-state index contributed by atoms with van der Waals surface area (Å²) in [7, 11) is 0. The van der Waals surface area contributed by atoms with Crippen molar-refractivity contribution in [1.29, 1.82) is 0 Å². The summed E-state index contributed by atoms with van der Waals surface area (Å²) in [6.07, 6.45) is -15.9. The van der Waals surface area contributed by atoms with Crippen LogP contribution in [0.1, 0.15) is 51.3 Å². The van der Waals surface area contributed by atoms with Gasteiger partial charge < -0.3 is 4.74 Å². The maximum absolute atomic E-state index is 12.9. The molecule has 30 heavy (non-hydrogen) atoms. The summed E-state index contributed by atoms with van der Waals surface area (Å²) in [5.41, 5.74) is -6.17. The van der Waals surface area contributed by atoms with Gasteiger partial charge in [-0.15, -0.1) is 0 Å². The Hall–Kier alpha value is -2.79. The Balaban J connectivity index is 2.38. The maximum atomic E-state index is 12.9. The Labute approximate surface area is 163 Å². The molecule has 1 heterocycles. The number of hydrogen-bond acceptors (Lipinski definition) is 3. The quantitative estimate of drug-likeness (QED) is 0.408. The number of aromatic nitrogens is 1. The molecule has 0 aliphatic rings. The van der Waals surface area contributed by atoms with Crippen LogP contribution in [0.15, 0.2) is 30.5 Å². The number of aryl methyl sites for hydroxylation is 1. The van der Waals surface area contributed by atoms with E-state index in [1.807, 2.05) is 0 Å². The zero-order chi connectivity index (χ0) is 23.1. The molecule has 1 aromatic carbocycles. The maximum Gasteiger partial charge on any atom is 0.416 e. The molecule has 164 valence electrons. The van der Waals surface area contributed by atoms with Crippen molar-refractivity contribution < 1.29 is 49.0 Å². The first kappa shape index (κ1) is 23.5. The van der Waals surface area contributed by atoms with Crippen LogP contribution in [0.5, 0.6) is 0 Å². The molecule has 1 aromatic heterocycles. The van der Waals surface area contributed by atoms with E-state index in [1.54, 1.807) is 0 Å². The van der Waals surface area contributed by atoms with E-state index in [9.17, 15) is 44.3 Å². The normalized spacial score (nSPS) is 13.8. The molecular formula is C18H12F9NO2. The van der Waals surface area contributed by atoms with Gasteiger partial charge in [0.05, 0.1) is 16.7 Å². The molecular weight excluding hydrogens is 433 g/mol. The Bertz CT molecular complexity index is 914. The molecule has 0 radical (unpaired) electrons. The van der Waals surface area contributed by atoms with Crippen molar-refractivity contribution in [3.05, 3.63) is 64.0 Å². The Morgan fingerprint density at radius 3 is 1.80 bits per heavy atom. The standard InChI is InChI=1S/C18H12F9NO2/c1-8-7-28-14(6-13(8)18(25,26)27)15(29)30-9(2)10-3-11(16(19,20)21)5-12(4-10)17(22,23)24/h3-7,9H,1-2H3. The lowest BCUT2D eigenvalue weighted by atomic mass is 10.0. The van der Waals surface area contributed by atoms with Crippen LogP contribution >= 0.6 is 0 Å². The number of pyridine rings is 1. The molecule has 0 aliphatic heterocycles. The minimum Gasteiger partial charge on any atom is -0.453 e. The van der Waals surface area contributed by atoms with Crippen molar-refractivity contribution in [2.45, 2.75) is 38.5 Å². The Morgan fingerprint density at radius 1 is 0.867 bits per heavy atom. The number of alkyl halides is 9. The van der Waals surface area contributed by atoms with Crippen LogP contribution in [0.3, 0.4) is 0 Å². The van der Waals surface area contributed by atoms with Crippen LogP contribution in [0.25, 0.3) is 0 Å². The predicted molar refractivity (Wildman–Crippen MR) is 84.3 cm³/mol. The second-order valence-corrected chi connectivity index (χ2v) is 6.27. The summed E-state index contributed by atoms with van der Waals surface area (Å²) in [4.78, 5) is 15.6. The van der Waals surface area contributed by atoms with Crippen molar-refractivity contribution in [2.24, 2.45) is 0 Å². The summed E-state index contributed by atoms with van der Waals surface area (Å²) >= 11 is 0. The highest BCUT2D eigenvalue weighted by Gasteiger charge is 2.38. The first-order valence-corrected chi connectivity index (χ1v) is 8.04. The smallest absolute Gasteiger partial charge is 0.416 e. The van der Waals surface area contributed by atoms with Crippen molar-refractivity contribution in [3.8, 4) is 0 Å². The Morgan fingerprint density at radius 2 is 1.37 bits per heavy atom. The molecule has 0 fully saturated rings. The second kappa shape index (κ2) is 7.80. The topological polar surface area (TPSA) is 39.2 Å². The number of carbonyl (C=O) groups excluding carboxylic acids is 1. The molecule has 0 saturated heterocycles. The van der Waals surface area contributed by atoms with Crippen molar-refractivity contribution in [1.82, 2.24) is 4.98 Å². The van der Waals surface area contributed by atoms with E-state index < -0.39 is 58.5 Å². The average Bonchev–Trinajstić information content (AvgIpc) is 2.59. The SMILES string of the molecule is Cc1cnc(C(=O)OC(C)c2cc(C(F)(F)F)cc(C(F)(F)F)c2)cc1C(F)(F)F. The molecule has 0 aliphatic carbocycles. The zero-order valence-corrected chi connectivity index (χ0v) is 15.1. The molecule has 0 amide bonds. The highest BCUT2D eigenvalue weighted by molar-refractivity contribution is 5.87. The van der Waals surface area contributed by atoms with E-state index >= 15 is 0 Å². The number of rotatable bonds is 3. The predicted octanol–water partition coefficient (Wildman–Crippen LogP) is 6.36.